The summed E-state index contributed by atoms with van der Waals surface area (Å²) in [6, 6.07) is 7.20. The number of rotatable bonds is 1. The van der Waals surface area contributed by atoms with E-state index >= 15 is 4.39 Å². The van der Waals surface area contributed by atoms with Crippen molar-refractivity contribution in [3.8, 4) is 0 Å². The molecule has 0 radical (unpaired) electrons. The van der Waals surface area contributed by atoms with Crippen LogP contribution in [-0.4, -0.2) is 30.8 Å². The summed E-state index contributed by atoms with van der Waals surface area (Å²) >= 11 is 0. The number of hydrogen-bond acceptors (Lipinski definition) is 2. The molecule has 2 aliphatic rings. The Bertz CT molecular complexity index is 479. The highest BCUT2D eigenvalue weighted by molar-refractivity contribution is 6.01. The van der Waals surface area contributed by atoms with Gasteiger partial charge in [0.1, 0.15) is 5.67 Å². The highest BCUT2D eigenvalue weighted by Gasteiger charge is 2.49. The summed E-state index contributed by atoms with van der Waals surface area (Å²) in [5, 5.41) is 0. The van der Waals surface area contributed by atoms with Gasteiger partial charge in [0.05, 0.1) is 0 Å². The molecule has 3 heteroatoms. The number of carbonyl (C=O) groups is 1. The van der Waals surface area contributed by atoms with Gasteiger partial charge in [0.2, 0.25) is 0 Å². The molecule has 1 aromatic carbocycles. The Morgan fingerprint density at radius 2 is 1.94 bits per heavy atom. The number of alkyl halides is 1. The van der Waals surface area contributed by atoms with Crippen LogP contribution in [0.3, 0.4) is 0 Å². The molecule has 1 saturated heterocycles. The molecule has 1 unspecified atom stereocenters. The molecule has 1 fully saturated rings. The van der Waals surface area contributed by atoms with Crippen molar-refractivity contribution in [1.82, 2.24) is 4.90 Å². The van der Waals surface area contributed by atoms with E-state index in [-0.39, 0.29) is 18.1 Å². The van der Waals surface area contributed by atoms with Crippen molar-refractivity contribution in [3.63, 3.8) is 0 Å². The minimum Gasteiger partial charge on any atom is -0.306 e. The summed E-state index contributed by atoms with van der Waals surface area (Å²) < 4.78 is 15.3. The molecule has 0 N–H and O–H groups in total. The average molecular weight is 247 g/mol. The van der Waals surface area contributed by atoms with E-state index in [9.17, 15) is 4.79 Å². The van der Waals surface area contributed by atoms with Crippen LogP contribution in [-0.2, 0) is 5.67 Å². The molecule has 0 bridgehead atoms. The van der Waals surface area contributed by atoms with Gasteiger partial charge in [-0.2, -0.15) is 0 Å². The van der Waals surface area contributed by atoms with Crippen molar-refractivity contribution in [2.24, 2.45) is 5.92 Å². The number of benzene rings is 1. The standard InChI is InChI=1S/C15H18FNO/c1-17-8-6-11(7-9-17)15(16)10-14(18)12-4-2-3-5-13(12)15/h2-5,11H,6-10H2,1H3. The molecule has 1 aliphatic heterocycles. The van der Waals surface area contributed by atoms with Crippen LogP contribution in [0.4, 0.5) is 4.39 Å². The van der Waals surface area contributed by atoms with Crippen LogP contribution in [0, 0.1) is 5.92 Å². The fourth-order valence-electron chi connectivity index (χ4n) is 3.34. The van der Waals surface area contributed by atoms with Crippen LogP contribution in [0.25, 0.3) is 0 Å². The van der Waals surface area contributed by atoms with Crippen molar-refractivity contribution in [2.45, 2.75) is 24.9 Å². The van der Waals surface area contributed by atoms with Gasteiger partial charge in [-0.25, -0.2) is 4.39 Å². The van der Waals surface area contributed by atoms with Crippen molar-refractivity contribution in [1.29, 1.82) is 0 Å². The topological polar surface area (TPSA) is 20.3 Å². The molecule has 0 spiro atoms. The molecule has 0 amide bonds. The van der Waals surface area contributed by atoms with Gasteiger partial charge in [-0.1, -0.05) is 24.3 Å². The number of Topliss-reactive ketones (excluding diaryl/α,β-unsaturated/α-hetero) is 1. The fourth-order valence-corrected chi connectivity index (χ4v) is 3.34. The molecule has 1 aromatic rings. The maximum Gasteiger partial charge on any atom is 0.166 e. The van der Waals surface area contributed by atoms with Crippen LogP contribution in [0.5, 0.6) is 0 Å². The zero-order valence-electron chi connectivity index (χ0n) is 10.7. The summed E-state index contributed by atoms with van der Waals surface area (Å²) in [4.78, 5) is 14.2. The van der Waals surface area contributed by atoms with Crippen molar-refractivity contribution in [3.05, 3.63) is 35.4 Å². The molecule has 0 saturated carbocycles. The van der Waals surface area contributed by atoms with E-state index in [0.29, 0.717) is 11.1 Å². The third-order valence-corrected chi connectivity index (χ3v) is 4.46. The van der Waals surface area contributed by atoms with E-state index in [0.717, 1.165) is 25.9 Å². The molecule has 1 aliphatic carbocycles. The first-order chi connectivity index (χ1) is 8.61. The van der Waals surface area contributed by atoms with E-state index in [1.165, 1.54) is 0 Å². The Balaban J connectivity index is 1.94. The second-order valence-corrected chi connectivity index (χ2v) is 5.59. The number of piperidine rings is 1. The molecule has 18 heavy (non-hydrogen) atoms. The van der Waals surface area contributed by atoms with Crippen molar-refractivity contribution >= 4 is 5.78 Å². The van der Waals surface area contributed by atoms with Crippen LogP contribution in [0.2, 0.25) is 0 Å². The molecular formula is C15H18FNO. The van der Waals surface area contributed by atoms with Gasteiger partial charge in [0, 0.05) is 23.5 Å². The summed E-state index contributed by atoms with van der Waals surface area (Å²) in [6.45, 7) is 1.85. The minimum atomic E-state index is -1.42. The van der Waals surface area contributed by atoms with Crippen LogP contribution >= 0.6 is 0 Å². The lowest BCUT2D eigenvalue weighted by Gasteiger charge is -2.36. The SMILES string of the molecule is CN1CCC(C2(F)CC(=O)c3ccccc32)CC1. The normalized spacial score (nSPS) is 29.6. The number of nitrogens with zero attached hydrogens (tertiary/aromatic N) is 1. The Hall–Kier alpha value is -1.22. The van der Waals surface area contributed by atoms with Gasteiger partial charge in [0.25, 0.3) is 0 Å². The minimum absolute atomic E-state index is 0.0127. The largest absolute Gasteiger partial charge is 0.306 e. The molecule has 2 nitrogen and oxygen atoms in total. The molecular weight excluding hydrogens is 229 g/mol. The van der Waals surface area contributed by atoms with E-state index in [2.05, 4.69) is 11.9 Å². The number of ketones is 1. The Kier molecular flexibility index (Phi) is 2.74. The molecule has 96 valence electrons. The number of carbonyl (C=O) groups excluding carboxylic acids is 1. The maximum atomic E-state index is 15.3. The lowest BCUT2D eigenvalue weighted by molar-refractivity contribution is 0.0358. The maximum absolute atomic E-state index is 15.3. The zero-order valence-corrected chi connectivity index (χ0v) is 10.7. The monoisotopic (exact) mass is 247 g/mol. The predicted molar refractivity (Wildman–Crippen MR) is 68.4 cm³/mol. The van der Waals surface area contributed by atoms with E-state index < -0.39 is 5.67 Å². The number of fused-ring (bicyclic) bond motifs is 1. The average Bonchev–Trinajstić information content (AvgIpc) is 2.64. The number of halogens is 1. The first kappa shape index (κ1) is 11.8. The first-order valence-electron chi connectivity index (χ1n) is 6.61. The van der Waals surface area contributed by atoms with Gasteiger partial charge in [-0.05, 0) is 33.0 Å². The zero-order chi connectivity index (χ0) is 12.8. The highest BCUT2D eigenvalue weighted by Crippen LogP contribution is 2.48. The van der Waals surface area contributed by atoms with Crippen molar-refractivity contribution in [2.75, 3.05) is 20.1 Å². The summed E-state index contributed by atoms with van der Waals surface area (Å²) in [5.74, 6) is -0.0478. The third kappa shape index (κ3) is 1.69. The Morgan fingerprint density at radius 3 is 2.67 bits per heavy atom. The molecule has 1 heterocycles. The van der Waals surface area contributed by atoms with Crippen LogP contribution < -0.4 is 0 Å². The lowest BCUT2D eigenvalue weighted by atomic mass is 9.78. The lowest BCUT2D eigenvalue weighted by Crippen LogP contribution is -2.39. The smallest absolute Gasteiger partial charge is 0.166 e. The second-order valence-electron chi connectivity index (χ2n) is 5.59. The number of hydrogen-bond donors (Lipinski definition) is 0. The van der Waals surface area contributed by atoms with E-state index in [1.807, 2.05) is 12.1 Å². The van der Waals surface area contributed by atoms with Crippen LogP contribution in [0.15, 0.2) is 24.3 Å². The predicted octanol–water partition coefficient (Wildman–Crippen LogP) is 2.78. The summed E-state index contributed by atoms with van der Waals surface area (Å²) in [5.41, 5.74) is -0.196. The highest BCUT2D eigenvalue weighted by atomic mass is 19.1. The first-order valence-corrected chi connectivity index (χ1v) is 6.61. The number of likely N-dealkylation sites (tertiary alicyclic amines) is 1. The van der Waals surface area contributed by atoms with Gasteiger partial charge in [-0.3, -0.25) is 4.79 Å². The molecule has 1 atom stereocenters. The van der Waals surface area contributed by atoms with Crippen LogP contribution in [0.1, 0.15) is 35.2 Å². The quantitative estimate of drug-likeness (QED) is 0.760. The Morgan fingerprint density at radius 1 is 1.28 bits per heavy atom. The Labute approximate surface area is 107 Å². The van der Waals surface area contributed by atoms with E-state index in [1.54, 1.807) is 12.1 Å². The second kappa shape index (κ2) is 4.16. The molecule has 3 rings (SSSR count). The van der Waals surface area contributed by atoms with E-state index in [4.69, 9.17) is 0 Å². The van der Waals surface area contributed by atoms with Gasteiger partial charge >= 0.3 is 0 Å². The summed E-state index contributed by atoms with van der Waals surface area (Å²) in [6.07, 6.45) is 1.73. The van der Waals surface area contributed by atoms with Gasteiger partial charge in [-0.15, -0.1) is 0 Å². The van der Waals surface area contributed by atoms with Gasteiger partial charge < -0.3 is 4.90 Å². The van der Waals surface area contributed by atoms with Gasteiger partial charge in [0.15, 0.2) is 5.78 Å². The third-order valence-electron chi connectivity index (χ3n) is 4.46. The van der Waals surface area contributed by atoms with Crippen molar-refractivity contribution < 1.29 is 9.18 Å². The summed E-state index contributed by atoms with van der Waals surface area (Å²) in [7, 11) is 2.06. The molecule has 0 aromatic heterocycles. The fraction of sp³-hybridized carbons (Fsp3) is 0.533.